The molecule has 0 amide bonds. The molecule has 0 saturated carbocycles. The van der Waals surface area contributed by atoms with Crippen LogP contribution in [0.2, 0.25) is 0 Å². The number of nitrogen functional groups attached to an aromatic ring is 1. The zero-order chi connectivity index (χ0) is 19.0. The molecule has 0 atom stereocenters. The van der Waals surface area contributed by atoms with Crippen molar-refractivity contribution in [2.24, 2.45) is 0 Å². The van der Waals surface area contributed by atoms with Crippen molar-refractivity contribution in [1.82, 2.24) is 0 Å². The summed E-state index contributed by atoms with van der Waals surface area (Å²) < 4.78 is 10.4. The van der Waals surface area contributed by atoms with Crippen LogP contribution in [0.15, 0.2) is 18.2 Å². The Morgan fingerprint density at radius 3 is 1.92 bits per heavy atom. The van der Waals surface area contributed by atoms with E-state index in [-0.39, 0.29) is 5.97 Å². The Bertz CT molecular complexity index is 502. The highest BCUT2D eigenvalue weighted by Gasteiger charge is 2.08. The number of rotatable bonds is 15. The van der Waals surface area contributed by atoms with E-state index >= 15 is 0 Å². The second-order valence-corrected chi connectivity index (χ2v) is 6.98. The van der Waals surface area contributed by atoms with E-state index in [1.165, 1.54) is 77.7 Å². The molecule has 1 aromatic carbocycles. The Morgan fingerprint density at radius 2 is 1.42 bits per heavy atom. The third kappa shape index (κ3) is 9.69. The molecule has 0 aliphatic rings. The Kier molecular flexibility index (Phi) is 12.4. The highest BCUT2D eigenvalue weighted by atomic mass is 16.5. The largest absolute Gasteiger partial charge is 0.491 e. The molecule has 0 aliphatic heterocycles. The van der Waals surface area contributed by atoms with Gasteiger partial charge in [0.2, 0.25) is 0 Å². The summed E-state index contributed by atoms with van der Waals surface area (Å²) in [5.74, 6) is 0.255. The first-order chi connectivity index (χ1) is 12.7. The van der Waals surface area contributed by atoms with Crippen LogP contribution in [-0.4, -0.2) is 19.7 Å². The number of hydrogen-bond acceptors (Lipinski definition) is 4. The number of carbonyl (C=O) groups is 1. The molecule has 4 heteroatoms. The molecule has 0 fully saturated rings. The van der Waals surface area contributed by atoms with Crippen LogP contribution in [0.4, 0.5) is 5.69 Å². The first-order valence-electron chi connectivity index (χ1n) is 10.3. The van der Waals surface area contributed by atoms with E-state index in [4.69, 9.17) is 10.5 Å². The van der Waals surface area contributed by atoms with Gasteiger partial charge in [-0.1, -0.05) is 77.6 Å². The van der Waals surface area contributed by atoms with Gasteiger partial charge in [-0.05, 0) is 24.6 Å². The third-order valence-corrected chi connectivity index (χ3v) is 4.69. The number of benzene rings is 1. The van der Waals surface area contributed by atoms with E-state index in [1.807, 2.05) is 0 Å². The lowest BCUT2D eigenvalue weighted by Crippen LogP contribution is -2.04. The van der Waals surface area contributed by atoms with Gasteiger partial charge in [0, 0.05) is 0 Å². The number of nitrogens with two attached hydrogens (primary N) is 1. The zero-order valence-electron chi connectivity index (χ0n) is 16.7. The highest BCUT2D eigenvalue weighted by Crippen LogP contribution is 2.23. The molecule has 0 saturated heterocycles. The van der Waals surface area contributed by atoms with Gasteiger partial charge < -0.3 is 15.2 Å². The van der Waals surface area contributed by atoms with Crippen molar-refractivity contribution < 1.29 is 14.3 Å². The minimum Gasteiger partial charge on any atom is -0.491 e. The molecule has 0 radical (unpaired) electrons. The number of unbranched alkanes of at least 4 members (excludes halogenated alkanes) is 11. The quantitative estimate of drug-likeness (QED) is 0.231. The van der Waals surface area contributed by atoms with Crippen LogP contribution in [0.3, 0.4) is 0 Å². The molecule has 1 rings (SSSR count). The van der Waals surface area contributed by atoms with Gasteiger partial charge in [0.05, 0.1) is 25.0 Å². The molecule has 0 aromatic heterocycles. The lowest BCUT2D eigenvalue weighted by Gasteiger charge is -2.10. The summed E-state index contributed by atoms with van der Waals surface area (Å²) in [6.07, 6.45) is 15.9. The summed E-state index contributed by atoms with van der Waals surface area (Å²) in [7, 11) is 1.36. The fourth-order valence-corrected chi connectivity index (χ4v) is 3.05. The minimum atomic E-state index is -0.385. The molecule has 0 bridgehead atoms. The number of methoxy groups -OCH3 is 1. The summed E-state index contributed by atoms with van der Waals surface area (Å²) in [6, 6.07) is 5.02. The van der Waals surface area contributed by atoms with Crippen molar-refractivity contribution in [2.75, 3.05) is 19.5 Å². The van der Waals surface area contributed by atoms with Gasteiger partial charge in [0.15, 0.2) is 0 Å². The summed E-state index contributed by atoms with van der Waals surface area (Å²) in [5.41, 5.74) is 6.85. The molecule has 1 aromatic rings. The summed E-state index contributed by atoms with van der Waals surface area (Å²) in [5, 5.41) is 0. The average Bonchev–Trinajstić information content (AvgIpc) is 2.65. The molecule has 0 spiro atoms. The van der Waals surface area contributed by atoms with Crippen LogP contribution < -0.4 is 10.5 Å². The Labute approximate surface area is 159 Å². The first-order valence-corrected chi connectivity index (χ1v) is 10.3. The van der Waals surface area contributed by atoms with Crippen LogP contribution in [0.1, 0.15) is 94.3 Å². The molecular formula is C22H37NO3. The van der Waals surface area contributed by atoms with Crippen molar-refractivity contribution in [2.45, 2.75) is 84.0 Å². The van der Waals surface area contributed by atoms with Crippen molar-refractivity contribution in [3.05, 3.63) is 23.8 Å². The highest BCUT2D eigenvalue weighted by molar-refractivity contribution is 5.90. The number of ether oxygens (including phenoxy) is 2. The predicted octanol–water partition coefficient (Wildman–Crippen LogP) is 6.14. The fourth-order valence-electron chi connectivity index (χ4n) is 3.05. The van der Waals surface area contributed by atoms with Crippen molar-refractivity contribution in [3.63, 3.8) is 0 Å². The molecule has 0 heterocycles. The van der Waals surface area contributed by atoms with E-state index in [1.54, 1.807) is 18.2 Å². The molecule has 148 valence electrons. The molecular weight excluding hydrogens is 326 g/mol. The maximum atomic E-state index is 11.4. The van der Waals surface area contributed by atoms with Crippen molar-refractivity contribution >= 4 is 11.7 Å². The zero-order valence-corrected chi connectivity index (χ0v) is 16.7. The van der Waals surface area contributed by atoms with Crippen LogP contribution in [0, 0.1) is 0 Å². The van der Waals surface area contributed by atoms with E-state index in [9.17, 15) is 4.79 Å². The maximum absolute atomic E-state index is 11.4. The smallest absolute Gasteiger partial charge is 0.337 e. The predicted molar refractivity (Wildman–Crippen MR) is 109 cm³/mol. The van der Waals surface area contributed by atoms with Gasteiger partial charge in [0.1, 0.15) is 5.75 Å². The van der Waals surface area contributed by atoms with Crippen LogP contribution in [0.5, 0.6) is 5.75 Å². The molecule has 0 aliphatic carbocycles. The van der Waals surface area contributed by atoms with E-state index in [0.29, 0.717) is 23.6 Å². The second-order valence-electron chi connectivity index (χ2n) is 6.98. The second kappa shape index (κ2) is 14.5. The molecule has 2 N–H and O–H groups in total. The topological polar surface area (TPSA) is 61.5 Å². The lowest BCUT2D eigenvalue weighted by molar-refractivity contribution is 0.0600. The van der Waals surface area contributed by atoms with Crippen molar-refractivity contribution in [3.8, 4) is 5.75 Å². The van der Waals surface area contributed by atoms with E-state index in [2.05, 4.69) is 11.7 Å². The van der Waals surface area contributed by atoms with Gasteiger partial charge in [-0.25, -0.2) is 4.79 Å². The summed E-state index contributed by atoms with van der Waals surface area (Å²) in [6.45, 7) is 2.93. The molecule has 26 heavy (non-hydrogen) atoms. The van der Waals surface area contributed by atoms with Gasteiger partial charge in [-0.2, -0.15) is 0 Å². The Hall–Kier alpha value is -1.71. The Morgan fingerprint density at radius 1 is 0.885 bits per heavy atom. The minimum absolute atomic E-state index is 0.385. The summed E-state index contributed by atoms with van der Waals surface area (Å²) >= 11 is 0. The van der Waals surface area contributed by atoms with Crippen LogP contribution in [0.25, 0.3) is 0 Å². The number of hydrogen-bond donors (Lipinski definition) is 1. The van der Waals surface area contributed by atoms with Crippen molar-refractivity contribution in [1.29, 1.82) is 0 Å². The van der Waals surface area contributed by atoms with Gasteiger partial charge in [-0.15, -0.1) is 0 Å². The SMILES string of the molecule is CCCCCCCCCCCCCCOc1ccc(C(=O)OC)cc1N. The van der Waals surface area contributed by atoms with E-state index in [0.717, 1.165) is 6.42 Å². The van der Waals surface area contributed by atoms with Gasteiger partial charge in [-0.3, -0.25) is 0 Å². The van der Waals surface area contributed by atoms with Gasteiger partial charge in [0.25, 0.3) is 0 Å². The first kappa shape index (κ1) is 22.3. The van der Waals surface area contributed by atoms with Gasteiger partial charge >= 0.3 is 5.97 Å². The van der Waals surface area contributed by atoms with Crippen LogP contribution >= 0.6 is 0 Å². The number of anilines is 1. The molecule has 0 unspecified atom stereocenters. The monoisotopic (exact) mass is 363 g/mol. The lowest BCUT2D eigenvalue weighted by atomic mass is 10.1. The Balaban J connectivity index is 2.00. The third-order valence-electron chi connectivity index (χ3n) is 4.69. The maximum Gasteiger partial charge on any atom is 0.337 e. The number of carbonyl (C=O) groups excluding carboxylic acids is 1. The average molecular weight is 364 g/mol. The van der Waals surface area contributed by atoms with E-state index < -0.39 is 0 Å². The summed E-state index contributed by atoms with van der Waals surface area (Å²) in [4.78, 5) is 11.4. The normalized spacial score (nSPS) is 10.7. The fraction of sp³-hybridized carbons (Fsp3) is 0.682. The molecule has 4 nitrogen and oxygen atoms in total. The standard InChI is InChI=1S/C22H37NO3/c1-3-4-5-6-7-8-9-10-11-12-13-14-17-26-21-16-15-19(18-20(21)23)22(24)25-2/h15-16,18H,3-14,17,23H2,1-2H3. The van der Waals surface area contributed by atoms with Crippen LogP contribution in [-0.2, 0) is 4.74 Å². The number of esters is 1.